The first-order valence-electron chi connectivity index (χ1n) is 5.80. The molecule has 1 heterocycles. The van der Waals surface area contributed by atoms with Gasteiger partial charge in [-0.1, -0.05) is 6.07 Å². The highest BCUT2D eigenvalue weighted by molar-refractivity contribution is 7.16. The molecular weight excluding hydrogens is 230 g/mol. The summed E-state index contributed by atoms with van der Waals surface area (Å²) in [6.45, 7) is 2.14. The number of fused-ring (bicyclic) bond motifs is 1. The molecule has 1 unspecified atom stereocenters. The summed E-state index contributed by atoms with van der Waals surface area (Å²) in [6.07, 6.45) is 2.08. The molecule has 0 radical (unpaired) electrons. The number of aromatic hydroxyl groups is 1. The molecule has 1 aromatic carbocycles. The largest absolute Gasteiger partial charge is 0.508 e. The molecule has 0 bridgehead atoms. The SMILES string of the molecule is Cc1sc(N)cc1C1Cc2ccc(O)cc2C1. The molecule has 3 rings (SSSR count). The Morgan fingerprint density at radius 1 is 1.24 bits per heavy atom. The van der Waals surface area contributed by atoms with Gasteiger partial charge in [-0.25, -0.2) is 0 Å². The number of benzene rings is 1. The highest BCUT2D eigenvalue weighted by atomic mass is 32.1. The molecule has 2 aromatic rings. The summed E-state index contributed by atoms with van der Waals surface area (Å²) in [6, 6.07) is 7.81. The Bertz CT molecular complexity index is 574. The van der Waals surface area contributed by atoms with Crippen molar-refractivity contribution in [3.63, 3.8) is 0 Å². The highest BCUT2D eigenvalue weighted by Gasteiger charge is 2.25. The van der Waals surface area contributed by atoms with E-state index >= 15 is 0 Å². The Labute approximate surface area is 105 Å². The lowest BCUT2D eigenvalue weighted by atomic mass is 9.97. The van der Waals surface area contributed by atoms with Crippen LogP contribution in [-0.2, 0) is 12.8 Å². The summed E-state index contributed by atoms with van der Waals surface area (Å²) in [5.74, 6) is 0.895. The van der Waals surface area contributed by atoms with Gasteiger partial charge < -0.3 is 10.8 Å². The zero-order valence-electron chi connectivity index (χ0n) is 9.73. The Kier molecular flexibility index (Phi) is 2.37. The number of rotatable bonds is 1. The molecule has 2 nitrogen and oxygen atoms in total. The fourth-order valence-electron chi connectivity index (χ4n) is 2.75. The van der Waals surface area contributed by atoms with Crippen LogP contribution in [0.4, 0.5) is 5.00 Å². The molecule has 3 N–H and O–H groups in total. The van der Waals surface area contributed by atoms with E-state index < -0.39 is 0 Å². The topological polar surface area (TPSA) is 46.2 Å². The molecule has 0 aliphatic heterocycles. The molecule has 1 aromatic heterocycles. The number of phenolic OH excluding ortho intramolecular Hbond substituents is 1. The number of hydrogen-bond acceptors (Lipinski definition) is 3. The standard InChI is InChI=1S/C14H15NOS/c1-8-13(7-14(15)17-8)11-4-9-2-3-12(16)6-10(9)5-11/h2-3,6-7,11,16H,4-5,15H2,1H3. The molecule has 0 saturated carbocycles. The van der Waals surface area contributed by atoms with E-state index in [0.29, 0.717) is 11.7 Å². The number of hydrogen-bond donors (Lipinski definition) is 2. The summed E-state index contributed by atoms with van der Waals surface area (Å²) < 4.78 is 0. The van der Waals surface area contributed by atoms with E-state index in [1.165, 1.54) is 21.6 Å². The van der Waals surface area contributed by atoms with Crippen molar-refractivity contribution in [3.8, 4) is 5.75 Å². The second kappa shape index (κ2) is 3.77. The van der Waals surface area contributed by atoms with Gasteiger partial charge in [-0.2, -0.15) is 0 Å². The molecule has 1 aliphatic carbocycles. The molecular formula is C14H15NOS. The summed E-state index contributed by atoms with van der Waals surface area (Å²) >= 11 is 1.67. The first-order chi connectivity index (χ1) is 8.13. The van der Waals surface area contributed by atoms with Crippen LogP contribution in [0.5, 0.6) is 5.75 Å². The number of nitrogen functional groups attached to an aromatic ring is 1. The molecule has 0 spiro atoms. The van der Waals surface area contributed by atoms with Gasteiger partial charge in [0.2, 0.25) is 0 Å². The van der Waals surface area contributed by atoms with Crippen molar-refractivity contribution in [3.05, 3.63) is 45.8 Å². The fraction of sp³-hybridized carbons (Fsp3) is 0.286. The van der Waals surface area contributed by atoms with Gasteiger partial charge in [0.05, 0.1) is 5.00 Å². The van der Waals surface area contributed by atoms with E-state index in [1.54, 1.807) is 17.4 Å². The number of anilines is 1. The Morgan fingerprint density at radius 3 is 2.71 bits per heavy atom. The minimum absolute atomic E-state index is 0.367. The fourth-order valence-corrected chi connectivity index (χ4v) is 3.63. The lowest BCUT2D eigenvalue weighted by Crippen LogP contribution is -1.97. The van der Waals surface area contributed by atoms with Crippen LogP contribution >= 0.6 is 11.3 Å². The predicted octanol–water partition coefficient (Wildman–Crippen LogP) is 3.23. The lowest BCUT2D eigenvalue weighted by Gasteiger charge is -2.07. The first-order valence-corrected chi connectivity index (χ1v) is 6.61. The Balaban J connectivity index is 1.94. The van der Waals surface area contributed by atoms with Gasteiger partial charge in [-0.05, 0) is 60.6 Å². The van der Waals surface area contributed by atoms with Crippen LogP contribution < -0.4 is 5.73 Å². The third-order valence-corrected chi connectivity index (χ3v) is 4.43. The van der Waals surface area contributed by atoms with Crippen molar-refractivity contribution < 1.29 is 5.11 Å². The van der Waals surface area contributed by atoms with Crippen LogP contribution in [-0.4, -0.2) is 5.11 Å². The highest BCUT2D eigenvalue weighted by Crippen LogP contribution is 2.39. The zero-order chi connectivity index (χ0) is 12.0. The van der Waals surface area contributed by atoms with Crippen molar-refractivity contribution in [2.45, 2.75) is 25.7 Å². The van der Waals surface area contributed by atoms with E-state index in [1.807, 2.05) is 12.1 Å². The molecule has 88 valence electrons. The molecule has 3 heteroatoms. The van der Waals surface area contributed by atoms with Crippen LogP contribution in [0.1, 0.15) is 27.5 Å². The molecule has 0 saturated heterocycles. The number of phenols is 1. The predicted molar refractivity (Wildman–Crippen MR) is 71.7 cm³/mol. The van der Waals surface area contributed by atoms with Gasteiger partial charge in [0.15, 0.2) is 0 Å². The normalized spacial score (nSPS) is 18.3. The second-order valence-corrected chi connectivity index (χ2v) is 6.01. The van der Waals surface area contributed by atoms with Gasteiger partial charge in [0.25, 0.3) is 0 Å². The number of aryl methyl sites for hydroxylation is 1. The van der Waals surface area contributed by atoms with Crippen LogP contribution in [0.2, 0.25) is 0 Å². The van der Waals surface area contributed by atoms with E-state index in [2.05, 4.69) is 13.0 Å². The van der Waals surface area contributed by atoms with Gasteiger partial charge in [-0.15, -0.1) is 11.3 Å². The first kappa shape index (κ1) is 10.7. The van der Waals surface area contributed by atoms with E-state index in [4.69, 9.17) is 5.73 Å². The minimum atomic E-state index is 0.367. The van der Waals surface area contributed by atoms with Crippen LogP contribution in [0.3, 0.4) is 0 Å². The summed E-state index contributed by atoms with van der Waals surface area (Å²) in [4.78, 5) is 1.32. The van der Waals surface area contributed by atoms with Gasteiger partial charge in [-0.3, -0.25) is 0 Å². The summed E-state index contributed by atoms with van der Waals surface area (Å²) in [7, 11) is 0. The summed E-state index contributed by atoms with van der Waals surface area (Å²) in [5.41, 5.74) is 9.87. The summed E-state index contributed by atoms with van der Waals surface area (Å²) in [5, 5.41) is 10.4. The maximum Gasteiger partial charge on any atom is 0.115 e. The maximum atomic E-state index is 9.49. The maximum absolute atomic E-state index is 9.49. The monoisotopic (exact) mass is 245 g/mol. The van der Waals surface area contributed by atoms with Crippen molar-refractivity contribution in [1.29, 1.82) is 0 Å². The van der Waals surface area contributed by atoms with E-state index in [0.717, 1.165) is 17.8 Å². The molecule has 17 heavy (non-hydrogen) atoms. The Morgan fingerprint density at radius 2 is 2.00 bits per heavy atom. The van der Waals surface area contributed by atoms with E-state index in [-0.39, 0.29) is 0 Å². The average molecular weight is 245 g/mol. The molecule has 1 aliphatic rings. The number of nitrogens with two attached hydrogens (primary N) is 1. The zero-order valence-corrected chi connectivity index (χ0v) is 10.6. The van der Waals surface area contributed by atoms with Crippen molar-refractivity contribution in [2.24, 2.45) is 0 Å². The molecule has 0 amide bonds. The second-order valence-electron chi connectivity index (χ2n) is 4.72. The van der Waals surface area contributed by atoms with Crippen molar-refractivity contribution in [1.82, 2.24) is 0 Å². The minimum Gasteiger partial charge on any atom is -0.508 e. The van der Waals surface area contributed by atoms with Gasteiger partial charge in [0, 0.05) is 4.88 Å². The Hall–Kier alpha value is -1.48. The van der Waals surface area contributed by atoms with Gasteiger partial charge >= 0.3 is 0 Å². The smallest absolute Gasteiger partial charge is 0.115 e. The third-order valence-electron chi connectivity index (χ3n) is 3.54. The lowest BCUT2D eigenvalue weighted by molar-refractivity contribution is 0.474. The van der Waals surface area contributed by atoms with Crippen LogP contribution in [0.25, 0.3) is 0 Å². The average Bonchev–Trinajstić information content (AvgIpc) is 2.80. The van der Waals surface area contributed by atoms with Crippen LogP contribution in [0, 0.1) is 6.92 Å². The van der Waals surface area contributed by atoms with Gasteiger partial charge in [0.1, 0.15) is 5.75 Å². The van der Waals surface area contributed by atoms with Crippen molar-refractivity contribution >= 4 is 16.3 Å². The van der Waals surface area contributed by atoms with Crippen LogP contribution in [0.15, 0.2) is 24.3 Å². The quantitative estimate of drug-likeness (QED) is 0.810. The molecule has 0 fully saturated rings. The third kappa shape index (κ3) is 1.80. The number of thiophene rings is 1. The molecule has 1 atom stereocenters. The van der Waals surface area contributed by atoms with E-state index in [9.17, 15) is 5.11 Å². The van der Waals surface area contributed by atoms with Crippen molar-refractivity contribution in [2.75, 3.05) is 5.73 Å².